The molecule has 0 aliphatic carbocycles. The summed E-state index contributed by atoms with van der Waals surface area (Å²) in [6, 6.07) is 15.8. The predicted molar refractivity (Wildman–Crippen MR) is 96.9 cm³/mol. The van der Waals surface area contributed by atoms with Gasteiger partial charge in [-0.1, -0.05) is 18.2 Å². The molecule has 1 saturated heterocycles. The van der Waals surface area contributed by atoms with Crippen LogP contribution in [0, 0.1) is 16.7 Å². The van der Waals surface area contributed by atoms with Gasteiger partial charge in [0.15, 0.2) is 11.5 Å². The molecule has 4 rings (SSSR count). The number of carbonyl (C=O) groups is 1. The largest absolute Gasteiger partial charge is 0.454 e. The quantitative estimate of drug-likeness (QED) is 0.827. The van der Waals surface area contributed by atoms with Crippen LogP contribution in [0.25, 0.3) is 11.1 Å². The fourth-order valence-corrected chi connectivity index (χ4v) is 3.41. The highest BCUT2D eigenvalue weighted by Gasteiger charge is 2.32. The highest BCUT2D eigenvalue weighted by molar-refractivity contribution is 5.95. The van der Waals surface area contributed by atoms with Crippen LogP contribution in [0.5, 0.6) is 11.5 Å². The monoisotopic (exact) mass is 348 g/mol. The molecule has 0 bridgehead atoms. The Morgan fingerprint density at radius 1 is 1.08 bits per heavy atom. The van der Waals surface area contributed by atoms with E-state index in [2.05, 4.69) is 6.07 Å². The van der Waals surface area contributed by atoms with E-state index in [1.54, 1.807) is 0 Å². The van der Waals surface area contributed by atoms with Crippen molar-refractivity contribution in [2.24, 2.45) is 5.41 Å². The minimum atomic E-state index is -0.314. The van der Waals surface area contributed by atoms with Gasteiger partial charge in [-0.05, 0) is 55.2 Å². The summed E-state index contributed by atoms with van der Waals surface area (Å²) < 4.78 is 10.8. The summed E-state index contributed by atoms with van der Waals surface area (Å²) in [5.41, 5.74) is 2.30. The van der Waals surface area contributed by atoms with Crippen molar-refractivity contribution in [2.75, 3.05) is 19.9 Å². The number of ether oxygens (including phenoxy) is 2. The molecular weight excluding hydrogens is 328 g/mol. The Labute approximate surface area is 152 Å². The molecule has 0 unspecified atom stereocenters. The Balaban J connectivity index is 1.55. The Morgan fingerprint density at radius 2 is 1.81 bits per heavy atom. The molecule has 0 radical (unpaired) electrons. The van der Waals surface area contributed by atoms with Crippen LogP contribution in [0.2, 0.25) is 0 Å². The molecule has 0 aromatic heterocycles. The fourth-order valence-electron chi connectivity index (χ4n) is 3.41. The predicted octanol–water partition coefficient (Wildman–Crippen LogP) is 3.85. The lowest BCUT2D eigenvalue weighted by atomic mass is 9.82. The van der Waals surface area contributed by atoms with E-state index in [0.717, 1.165) is 35.5 Å². The third-order valence-electron chi connectivity index (χ3n) is 5.24. The lowest BCUT2D eigenvalue weighted by molar-refractivity contribution is 0.0661. The number of nitriles is 1. The van der Waals surface area contributed by atoms with Crippen LogP contribution < -0.4 is 9.47 Å². The summed E-state index contributed by atoms with van der Waals surface area (Å²) in [7, 11) is 0. The van der Waals surface area contributed by atoms with E-state index in [4.69, 9.17) is 9.47 Å². The summed E-state index contributed by atoms with van der Waals surface area (Å²) in [5, 5.41) is 9.25. The van der Waals surface area contributed by atoms with E-state index in [1.807, 2.05) is 54.3 Å². The zero-order valence-electron chi connectivity index (χ0n) is 14.7. The highest BCUT2D eigenvalue weighted by Crippen LogP contribution is 2.36. The van der Waals surface area contributed by atoms with Gasteiger partial charge in [-0.15, -0.1) is 0 Å². The number of piperidine rings is 1. The number of carbonyl (C=O) groups excluding carboxylic acids is 1. The molecule has 0 saturated carbocycles. The van der Waals surface area contributed by atoms with Crippen LogP contribution in [-0.4, -0.2) is 30.7 Å². The SMILES string of the molecule is CC1(C#N)CCN(C(=O)c2cccc(-c3ccc4c(c3)OCO4)c2)CC1. The van der Waals surface area contributed by atoms with Crippen molar-refractivity contribution in [3.05, 3.63) is 48.0 Å². The number of amides is 1. The van der Waals surface area contributed by atoms with Crippen molar-refractivity contribution in [3.8, 4) is 28.7 Å². The second-order valence-electron chi connectivity index (χ2n) is 7.11. The molecular formula is C21H20N2O3. The van der Waals surface area contributed by atoms with Gasteiger partial charge in [0.1, 0.15) is 0 Å². The van der Waals surface area contributed by atoms with E-state index in [0.29, 0.717) is 18.7 Å². The maximum atomic E-state index is 12.9. The summed E-state index contributed by atoms with van der Waals surface area (Å²) >= 11 is 0. The summed E-state index contributed by atoms with van der Waals surface area (Å²) in [4.78, 5) is 14.7. The second kappa shape index (κ2) is 6.38. The first-order valence-corrected chi connectivity index (χ1v) is 8.79. The molecule has 2 aromatic rings. The summed E-state index contributed by atoms with van der Waals surface area (Å²) in [6.07, 6.45) is 1.44. The zero-order valence-corrected chi connectivity index (χ0v) is 14.7. The number of nitrogens with zero attached hydrogens (tertiary/aromatic N) is 2. The molecule has 26 heavy (non-hydrogen) atoms. The van der Waals surface area contributed by atoms with E-state index in [1.165, 1.54) is 0 Å². The van der Waals surface area contributed by atoms with Crippen LogP contribution in [0.3, 0.4) is 0 Å². The minimum Gasteiger partial charge on any atom is -0.454 e. The molecule has 2 aromatic carbocycles. The normalized spacial score (nSPS) is 17.6. The third kappa shape index (κ3) is 2.99. The van der Waals surface area contributed by atoms with Crippen LogP contribution >= 0.6 is 0 Å². The van der Waals surface area contributed by atoms with Gasteiger partial charge in [0.2, 0.25) is 6.79 Å². The Bertz CT molecular complexity index is 892. The van der Waals surface area contributed by atoms with Crippen molar-refractivity contribution >= 4 is 5.91 Å². The van der Waals surface area contributed by atoms with E-state index in [9.17, 15) is 10.1 Å². The topological polar surface area (TPSA) is 62.6 Å². The molecule has 0 atom stereocenters. The maximum Gasteiger partial charge on any atom is 0.253 e. The van der Waals surface area contributed by atoms with Crippen LogP contribution in [-0.2, 0) is 0 Å². The van der Waals surface area contributed by atoms with Gasteiger partial charge < -0.3 is 14.4 Å². The number of hydrogen-bond donors (Lipinski definition) is 0. The van der Waals surface area contributed by atoms with Crippen LogP contribution in [0.1, 0.15) is 30.1 Å². The zero-order chi connectivity index (χ0) is 18.1. The van der Waals surface area contributed by atoms with Gasteiger partial charge in [0.05, 0.1) is 11.5 Å². The Kier molecular flexibility index (Phi) is 4.04. The average Bonchev–Trinajstić information content (AvgIpc) is 3.16. The minimum absolute atomic E-state index is 0.0209. The molecule has 2 aliphatic heterocycles. The van der Waals surface area contributed by atoms with E-state index < -0.39 is 0 Å². The lowest BCUT2D eigenvalue weighted by Crippen LogP contribution is -2.41. The first-order chi connectivity index (χ1) is 12.6. The standard InChI is InChI=1S/C21H20N2O3/c1-21(13-22)7-9-23(10-8-21)20(24)17-4-2-3-15(11-17)16-5-6-18-19(12-16)26-14-25-18/h2-6,11-12H,7-10,14H2,1H3. The van der Waals surface area contributed by atoms with Crippen molar-refractivity contribution in [3.63, 3.8) is 0 Å². The van der Waals surface area contributed by atoms with E-state index in [-0.39, 0.29) is 18.1 Å². The fraction of sp³-hybridized carbons (Fsp3) is 0.333. The van der Waals surface area contributed by atoms with Gasteiger partial charge >= 0.3 is 0 Å². The molecule has 0 spiro atoms. The second-order valence-corrected chi connectivity index (χ2v) is 7.11. The molecule has 1 amide bonds. The number of benzene rings is 2. The first-order valence-electron chi connectivity index (χ1n) is 8.79. The van der Waals surface area contributed by atoms with Crippen molar-refractivity contribution < 1.29 is 14.3 Å². The van der Waals surface area contributed by atoms with Gasteiger partial charge in [0.25, 0.3) is 5.91 Å². The van der Waals surface area contributed by atoms with Gasteiger partial charge in [-0.3, -0.25) is 4.79 Å². The van der Waals surface area contributed by atoms with Gasteiger partial charge in [0, 0.05) is 18.7 Å². The summed E-state index contributed by atoms with van der Waals surface area (Å²) in [5.74, 6) is 1.49. The number of fused-ring (bicyclic) bond motifs is 1. The smallest absolute Gasteiger partial charge is 0.253 e. The molecule has 1 fully saturated rings. The lowest BCUT2D eigenvalue weighted by Gasteiger charge is -2.35. The van der Waals surface area contributed by atoms with Crippen LogP contribution in [0.4, 0.5) is 0 Å². The Morgan fingerprint density at radius 3 is 2.58 bits per heavy atom. The molecule has 0 N–H and O–H groups in total. The average molecular weight is 348 g/mol. The number of rotatable bonds is 2. The molecule has 2 aliphatic rings. The molecule has 5 nitrogen and oxygen atoms in total. The molecule has 2 heterocycles. The maximum absolute atomic E-state index is 12.9. The Hall–Kier alpha value is -3.00. The number of likely N-dealkylation sites (tertiary alicyclic amines) is 1. The molecule has 132 valence electrons. The molecule has 5 heteroatoms. The van der Waals surface area contributed by atoms with Crippen molar-refractivity contribution in [2.45, 2.75) is 19.8 Å². The van der Waals surface area contributed by atoms with Crippen LogP contribution in [0.15, 0.2) is 42.5 Å². The van der Waals surface area contributed by atoms with Gasteiger partial charge in [-0.25, -0.2) is 0 Å². The van der Waals surface area contributed by atoms with Gasteiger partial charge in [-0.2, -0.15) is 5.26 Å². The van der Waals surface area contributed by atoms with E-state index >= 15 is 0 Å². The summed E-state index contributed by atoms with van der Waals surface area (Å²) in [6.45, 7) is 3.46. The first kappa shape index (κ1) is 16.5. The van der Waals surface area contributed by atoms with Crippen molar-refractivity contribution in [1.29, 1.82) is 5.26 Å². The number of hydrogen-bond acceptors (Lipinski definition) is 4. The third-order valence-corrected chi connectivity index (χ3v) is 5.24. The van der Waals surface area contributed by atoms with Crippen molar-refractivity contribution in [1.82, 2.24) is 4.90 Å². The highest BCUT2D eigenvalue weighted by atomic mass is 16.7.